The summed E-state index contributed by atoms with van der Waals surface area (Å²) in [7, 11) is 0. The monoisotopic (exact) mass is 400 g/mol. The number of thiazole rings is 1. The zero-order valence-electron chi connectivity index (χ0n) is 15.5. The molecule has 0 fully saturated rings. The van der Waals surface area contributed by atoms with E-state index >= 15 is 0 Å². The third-order valence-electron chi connectivity index (χ3n) is 3.99. The van der Waals surface area contributed by atoms with Crippen molar-refractivity contribution in [3.8, 4) is 10.6 Å². The molecule has 0 saturated carbocycles. The highest BCUT2D eigenvalue weighted by Gasteiger charge is 2.43. The lowest BCUT2D eigenvalue weighted by Gasteiger charge is -2.24. The van der Waals surface area contributed by atoms with Crippen LogP contribution in [-0.4, -0.2) is 35.2 Å². The normalized spacial score (nSPS) is 13.8. The minimum absolute atomic E-state index is 0.0517. The molecule has 1 aromatic heterocycles. The average Bonchev–Trinajstić information content (AvgIpc) is 3.11. The summed E-state index contributed by atoms with van der Waals surface area (Å²) >= 11 is 1.42. The molecule has 0 aliphatic rings. The fourth-order valence-electron chi connectivity index (χ4n) is 2.81. The minimum atomic E-state index is -4.62. The summed E-state index contributed by atoms with van der Waals surface area (Å²) < 4.78 is 45.9. The van der Waals surface area contributed by atoms with Crippen LogP contribution in [-0.2, 0) is 4.74 Å². The van der Waals surface area contributed by atoms with Gasteiger partial charge in [0.1, 0.15) is 5.01 Å². The van der Waals surface area contributed by atoms with Crippen molar-refractivity contribution in [1.82, 2.24) is 4.98 Å². The lowest BCUT2D eigenvalue weighted by atomic mass is 9.98. The van der Waals surface area contributed by atoms with E-state index in [0.29, 0.717) is 12.0 Å². The highest BCUT2D eigenvalue weighted by atomic mass is 32.1. The van der Waals surface area contributed by atoms with Crippen molar-refractivity contribution < 1.29 is 23.0 Å². The zero-order valence-corrected chi connectivity index (χ0v) is 16.3. The molecule has 1 aromatic carbocycles. The maximum absolute atomic E-state index is 13.6. The molecule has 8 heteroatoms. The summed E-state index contributed by atoms with van der Waals surface area (Å²) in [5.74, 6) is 0. The van der Waals surface area contributed by atoms with Crippen LogP contribution in [0.15, 0.2) is 28.7 Å². The Balaban J connectivity index is 2.64. The standard InChI is InChI=1S/C19H23F3N2O2S/c1-4-5-12(2)24-16-13(3)14(18-23-8-11-27-18)6-7-15(16)17(19(20,21)22)26-10-9-25/h6-8,11,17,25H,4-5,9-10H2,1-3H3. The second-order valence-electron chi connectivity index (χ2n) is 6.13. The molecule has 4 nitrogen and oxygen atoms in total. The van der Waals surface area contributed by atoms with Crippen molar-refractivity contribution in [1.29, 1.82) is 0 Å². The third kappa shape index (κ3) is 5.37. The van der Waals surface area contributed by atoms with Gasteiger partial charge in [-0.1, -0.05) is 25.5 Å². The topological polar surface area (TPSA) is 54.7 Å². The van der Waals surface area contributed by atoms with E-state index in [0.717, 1.165) is 22.7 Å². The van der Waals surface area contributed by atoms with Gasteiger partial charge in [0.05, 0.1) is 18.9 Å². The number of aromatic nitrogens is 1. The number of hydrogen-bond acceptors (Lipinski definition) is 5. The smallest absolute Gasteiger partial charge is 0.394 e. The van der Waals surface area contributed by atoms with E-state index in [1.54, 1.807) is 26.1 Å². The summed E-state index contributed by atoms with van der Waals surface area (Å²) in [4.78, 5) is 8.77. The average molecular weight is 400 g/mol. The molecular weight excluding hydrogens is 377 g/mol. The molecule has 2 aromatic rings. The summed E-state index contributed by atoms with van der Waals surface area (Å²) in [6.45, 7) is 4.64. The van der Waals surface area contributed by atoms with Gasteiger partial charge in [-0.3, -0.25) is 4.99 Å². The van der Waals surface area contributed by atoms with Crippen LogP contribution in [0.2, 0.25) is 0 Å². The molecule has 0 spiro atoms. The Labute approximate surface area is 160 Å². The van der Waals surface area contributed by atoms with E-state index in [9.17, 15) is 13.2 Å². The van der Waals surface area contributed by atoms with E-state index in [1.807, 2.05) is 12.3 Å². The Kier molecular flexibility index (Phi) is 7.52. The van der Waals surface area contributed by atoms with Crippen LogP contribution in [0.3, 0.4) is 0 Å². The van der Waals surface area contributed by atoms with Crippen LogP contribution < -0.4 is 0 Å². The van der Waals surface area contributed by atoms with E-state index in [1.165, 1.54) is 17.4 Å². The summed E-state index contributed by atoms with van der Waals surface area (Å²) in [6.07, 6.45) is -3.58. The predicted molar refractivity (Wildman–Crippen MR) is 102 cm³/mol. The number of benzene rings is 1. The van der Waals surface area contributed by atoms with Gasteiger partial charge in [-0.2, -0.15) is 13.2 Å². The summed E-state index contributed by atoms with van der Waals surface area (Å²) in [6, 6.07) is 3.02. The van der Waals surface area contributed by atoms with Crippen molar-refractivity contribution in [2.45, 2.75) is 45.9 Å². The minimum Gasteiger partial charge on any atom is -0.394 e. The van der Waals surface area contributed by atoms with E-state index in [2.05, 4.69) is 9.98 Å². The Morgan fingerprint density at radius 1 is 1.37 bits per heavy atom. The number of halogens is 3. The second kappa shape index (κ2) is 9.43. The maximum Gasteiger partial charge on any atom is 0.418 e. The van der Waals surface area contributed by atoms with E-state index in [-0.39, 0.29) is 11.3 Å². The first kappa shape index (κ1) is 21.5. The molecule has 1 heterocycles. The fourth-order valence-corrected chi connectivity index (χ4v) is 3.53. The van der Waals surface area contributed by atoms with Crippen LogP contribution in [0.5, 0.6) is 0 Å². The Bertz CT molecular complexity index is 774. The Hall–Kier alpha value is -1.77. The van der Waals surface area contributed by atoms with Crippen molar-refractivity contribution in [2.75, 3.05) is 13.2 Å². The number of hydrogen-bond donors (Lipinski definition) is 1. The molecule has 0 bridgehead atoms. The molecule has 0 aliphatic carbocycles. The molecule has 1 unspecified atom stereocenters. The van der Waals surface area contributed by atoms with Crippen LogP contribution in [0.4, 0.5) is 18.9 Å². The van der Waals surface area contributed by atoms with Gasteiger partial charge in [-0.15, -0.1) is 11.3 Å². The molecule has 1 N–H and O–H groups in total. The predicted octanol–water partition coefficient (Wildman–Crippen LogP) is 5.62. The molecule has 0 saturated heterocycles. The van der Waals surface area contributed by atoms with E-state index in [4.69, 9.17) is 9.84 Å². The molecule has 1 atom stereocenters. The van der Waals surface area contributed by atoms with Gasteiger partial charge < -0.3 is 9.84 Å². The first-order valence-corrected chi connectivity index (χ1v) is 9.54. The number of ether oxygens (including phenoxy) is 1. The third-order valence-corrected chi connectivity index (χ3v) is 4.80. The van der Waals surface area contributed by atoms with Gasteiger partial charge in [-0.25, -0.2) is 4.98 Å². The second-order valence-corrected chi connectivity index (χ2v) is 7.02. The van der Waals surface area contributed by atoms with Crippen LogP contribution in [0, 0.1) is 6.92 Å². The maximum atomic E-state index is 13.6. The van der Waals surface area contributed by atoms with Crippen LogP contribution in [0.1, 0.15) is 43.9 Å². The Morgan fingerprint density at radius 2 is 2.11 bits per heavy atom. The SMILES string of the molecule is CCCC(C)=Nc1c(C(OCCO)C(F)(F)F)ccc(-c2nccs2)c1C. The van der Waals surface area contributed by atoms with Gasteiger partial charge in [-0.05, 0) is 25.8 Å². The van der Waals surface area contributed by atoms with E-state index < -0.39 is 25.5 Å². The lowest BCUT2D eigenvalue weighted by Crippen LogP contribution is -2.25. The van der Waals surface area contributed by atoms with Gasteiger partial charge in [0.25, 0.3) is 0 Å². The van der Waals surface area contributed by atoms with Crippen molar-refractivity contribution in [3.63, 3.8) is 0 Å². The van der Waals surface area contributed by atoms with Crippen molar-refractivity contribution in [3.05, 3.63) is 34.8 Å². The van der Waals surface area contributed by atoms with Gasteiger partial charge >= 0.3 is 6.18 Å². The zero-order chi connectivity index (χ0) is 20.0. The number of alkyl halides is 3. The first-order chi connectivity index (χ1) is 12.8. The summed E-state index contributed by atoms with van der Waals surface area (Å²) in [5.41, 5.74) is 2.33. The molecule has 0 radical (unpaired) electrons. The molecule has 0 amide bonds. The van der Waals surface area contributed by atoms with Crippen molar-refractivity contribution in [2.24, 2.45) is 4.99 Å². The number of aliphatic hydroxyl groups excluding tert-OH is 1. The highest BCUT2D eigenvalue weighted by molar-refractivity contribution is 7.13. The lowest BCUT2D eigenvalue weighted by molar-refractivity contribution is -0.225. The largest absolute Gasteiger partial charge is 0.418 e. The molecule has 0 aliphatic heterocycles. The first-order valence-electron chi connectivity index (χ1n) is 8.66. The number of nitrogens with zero attached hydrogens (tertiary/aromatic N) is 2. The van der Waals surface area contributed by atoms with Crippen LogP contribution in [0.25, 0.3) is 10.6 Å². The van der Waals surface area contributed by atoms with Gasteiger partial charge in [0.15, 0.2) is 6.10 Å². The molecule has 2 rings (SSSR count). The number of rotatable bonds is 8. The molecular formula is C19H23F3N2O2S. The summed E-state index contributed by atoms with van der Waals surface area (Å²) in [5, 5.41) is 11.5. The fraction of sp³-hybridized carbons (Fsp3) is 0.474. The highest BCUT2D eigenvalue weighted by Crippen LogP contribution is 2.44. The van der Waals surface area contributed by atoms with Crippen LogP contribution >= 0.6 is 11.3 Å². The Morgan fingerprint density at radius 3 is 2.67 bits per heavy atom. The van der Waals surface area contributed by atoms with Gasteiger partial charge in [0.2, 0.25) is 0 Å². The number of aliphatic hydroxyl groups is 1. The molecule has 27 heavy (non-hydrogen) atoms. The number of aliphatic imine (C=N–C) groups is 1. The van der Waals surface area contributed by atoms with Crippen molar-refractivity contribution >= 4 is 22.7 Å². The van der Waals surface area contributed by atoms with Gasteiger partial charge in [0, 0.05) is 28.4 Å². The molecule has 148 valence electrons. The quantitative estimate of drug-likeness (QED) is 0.585.